The fourth-order valence-corrected chi connectivity index (χ4v) is 1.31. The number of rotatable bonds is 5. The Labute approximate surface area is 112 Å². The first-order chi connectivity index (χ1) is 8.15. The Morgan fingerprint density at radius 2 is 1.94 bits per heavy atom. The summed E-state index contributed by atoms with van der Waals surface area (Å²) in [5, 5.41) is -0.132. The lowest BCUT2D eigenvalue weighted by Crippen LogP contribution is -2.29. The Hall–Kier alpha value is -1.07. The van der Waals surface area contributed by atoms with Gasteiger partial charge in [0.1, 0.15) is 10.6 Å². The molecule has 0 bridgehead atoms. The van der Waals surface area contributed by atoms with Crippen LogP contribution in [0, 0.1) is 0 Å². The third-order valence-electron chi connectivity index (χ3n) is 1.65. The number of carbonyl (C=O) groups is 2. The summed E-state index contributed by atoms with van der Waals surface area (Å²) in [6.07, 6.45) is 1.23. The Bertz CT molecular complexity index is 333. The minimum atomic E-state index is -0.684. The van der Waals surface area contributed by atoms with Crippen molar-refractivity contribution in [1.82, 2.24) is 0 Å². The van der Waals surface area contributed by atoms with Gasteiger partial charge in [-0.3, -0.25) is 4.79 Å². The normalized spacial score (nSPS) is 14.0. The summed E-state index contributed by atoms with van der Waals surface area (Å²) in [6.45, 7) is 7.18. The van der Waals surface area contributed by atoms with E-state index in [1.54, 1.807) is 27.7 Å². The SMILES string of the molecule is CCOC(=O)/C(Cl)=C/[C@@H](N)CC(=O)OC(C)(C)C. The van der Waals surface area contributed by atoms with Crippen molar-refractivity contribution in [3.05, 3.63) is 11.1 Å². The molecule has 6 heteroatoms. The van der Waals surface area contributed by atoms with E-state index in [2.05, 4.69) is 4.74 Å². The van der Waals surface area contributed by atoms with Crippen LogP contribution in [0.1, 0.15) is 34.1 Å². The highest BCUT2D eigenvalue weighted by atomic mass is 35.5. The zero-order valence-corrected chi connectivity index (χ0v) is 11.9. The van der Waals surface area contributed by atoms with Gasteiger partial charge >= 0.3 is 11.9 Å². The molecule has 0 unspecified atom stereocenters. The maximum absolute atomic E-state index is 11.5. The van der Waals surface area contributed by atoms with Crippen LogP contribution < -0.4 is 5.73 Å². The molecule has 0 saturated heterocycles. The number of ether oxygens (including phenoxy) is 2. The molecule has 1 atom stereocenters. The molecule has 5 nitrogen and oxygen atoms in total. The summed E-state index contributed by atoms with van der Waals surface area (Å²) >= 11 is 5.68. The molecule has 104 valence electrons. The molecule has 0 aromatic carbocycles. The van der Waals surface area contributed by atoms with E-state index in [4.69, 9.17) is 22.1 Å². The lowest BCUT2D eigenvalue weighted by Gasteiger charge is -2.20. The number of carbonyl (C=O) groups excluding carboxylic acids is 2. The van der Waals surface area contributed by atoms with Gasteiger partial charge in [0.25, 0.3) is 0 Å². The van der Waals surface area contributed by atoms with Crippen molar-refractivity contribution in [2.24, 2.45) is 5.73 Å². The highest BCUT2D eigenvalue weighted by Gasteiger charge is 2.19. The van der Waals surface area contributed by atoms with Gasteiger partial charge in [-0.25, -0.2) is 4.79 Å². The molecule has 0 aromatic heterocycles. The van der Waals surface area contributed by atoms with Gasteiger partial charge in [0.05, 0.1) is 13.0 Å². The summed E-state index contributed by atoms with van der Waals surface area (Å²) in [5.41, 5.74) is 5.09. The van der Waals surface area contributed by atoms with Gasteiger partial charge in [0.15, 0.2) is 0 Å². The van der Waals surface area contributed by atoms with E-state index in [1.165, 1.54) is 6.08 Å². The van der Waals surface area contributed by atoms with Crippen molar-refractivity contribution in [3.8, 4) is 0 Å². The van der Waals surface area contributed by atoms with Crippen LogP contribution in [-0.2, 0) is 19.1 Å². The van der Waals surface area contributed by atoms with Crippen molar-refractivity contribution in [3.63, 3.8) is 0 Å². The molecule has 0 spiro atoms. The maximum Gasteiger partial charge on any atom is 0.349 e. The average molecular weight is 278 g/mol. The van der Waals surface area contributed by atoms with E-state index in [-0.39, 0.29) is 18.1 Å². The van der Waals surface area contributed by atoms with E-state index in [1.807, 2.05) is 0 Å². The highest BCUT2D eigenvalue weighted by molar-refractivity contribution is 6.41. The molecule has 0 saturated carbocycles. The van der Waals surface area contributed by atoms with Gasteiger partial charge in [-0.2, -0.15) is 0 Å². The van der Waals surface area contributed by atoms with Crippen molar-refractivity contribution in [2.75, 3.05) is 6.61 Å². The largest absolute Gasteiger partial charge is 0.462 e. The molecule has 2 N–H and O–H groups in total. The number of hydrogen-bond acceptors (Lipinski definition) is 5. The van der Waals surface area contributed by atoms with Crippen LogP contribution in [-0.4, -0.2) is 30.2 Å². The Balaban J connectivity index is 4.33. The number of esters is 2. The van der Waals surface area contributed by atoms with Gasteiger partial charge in [-0.05, 0) is 33.8 Å². The van der Waals surface area contributed by atoms with Crippen LogP contribution in [0.5, 0.6) is 0 Å². The van der Waals surface area contributed by atoms with Gasteiger partial charge in [0, 0.05) is 6.04 Å². The third kappa shape index (κ3) is 8.08. The van der Waals surface area contributed by atoms with Crippen molar-refractivity contribution in [1.29, 1.82) is 0 Å². The van der Waals surface area contributed by atoms with Gasteiger partial charge < -0.3 is 15.2 Å². The smallest absolute Gasteiger partial charge is 0.349 e. The van der Waals surface area contributed by atoms with Gasteiger partial charge in [-0.1, -0.05) is 11.6 Å². The van der Waals surface area contributed by atoms with Crippen LogP contribution >= 0.6 is 11.6 Å². The van der Waals surface area contributed by atoms with Crippen LogP contribution in [0.4, 0.5) is 0 Å². The standard InChI is InChI=1S/C12H20ClNO4/c1-5-17-11(16)9(13)6-8(14)7-10(15)18-12(2,3)4/h6,8H,5,7,14H2,1-4H3/b9-6-/t8-/m1/s1. The van der Waals surface area contributed by atoms with Crippen LogP contribution in [0.3, 0.4) is 0 Å². The van der Waals surface area contributed by atoms with Gasteiger partial charge in [-0.15, -0.1) is 0 Å². The van der Waals surface area contributed by atoms with Crippen LogP contribution in [0.25, 0.3) is 0 Å². The summed E-state index contributed by atoms with van der Waals surface area (Å²) in [5.74, 6) is -1.10. The van der Waals surface area contributed by atoms with E-state index < -0.39 is 23.6 Å². The van der Waals surface area contributed by atoms with E-state index >= 15 is 0 Å². The summed E-state index contributed by atoms with van der Waals surface area (Å²) in [4.78, 5) is 22.7. The second kappa shape index (κ2) is 7.38. The van der Waals surface area contributed by atoms with E-state index in [0.29, 0.717) is 0 Å². The molecular formula is C12H20ClNO4. The van der Waals surface area contributed by atoms with Crippen LogP contribution in [0.2, 0.25) is 0 Å². The Kier molecular flexibility index (Phi) is 6.94. The molecule has 0 heterocycles. The molecule has 0 aliphatic heterocycles. The molecular weight excluding hydrogens is 258 g/mol. The minimum Gasteiger partial charge on any atom is -0.462 e. The lowest BCUT2D eigenvalue weighted by molar-refractivity contribution is -0.155. The van der Waals surface area contributed by atoms with Crippen molar-refractivity contribution in [2.45, 2.75) is 45.8 Å². The summed E-state index contributed by atoms with van der Waals surface area (Å²) in [6, 6.07) is -0.684. The topological polar surface area (TPSA) is 78.6 Å². The second-order valence-corrected chi connectivity index (χ2v) is 5.10. The second-order valence-electron chi connectivity index (χ2n) is 4.69. The molecule has 0 aromatic rings. The van der Waals surface area contributed by atoms with E-state index in [9.17, 15) is 9.59 Å². The van der Waals surface area contributed by atoms with Crippen LogP contribution in [0.15, 0.2) is 11.1 Å². The maximum atomic E-state index is 11.5. The number of nitrogens with two attached hydrogens (primary N) is 1. The molecule has 0 amide bonds. The fourth-order valence-electron chi connectivity index (χ4n) is 1.09. The van der Waals surface area contributed by atoms with E-state index in [0.717, 1.165) is 0 Å². The molecule has 0 aliphatic carbocycles. The minimum absolute atomic E-state index is 0.0487. The highest BCUT2D eigenvalue weighted by Crippen LogP contribution is 2.11. The molecule has 0 aliphatic rings. The first kappa shape index (κ1) is 16.9. The third-order valence-corrected chi connectivity index (χ3v) is 1.93. The monoisotopic (exact) mass is 277 g/mol. The average Bonchev–Trinajstić information content (AvgIpc) is 2.13. The predicted octanol–water partition coefficient (Wildman–Crippen LogP) is 1.73. The zero-order valence-electron chi connectivity index (χ0n) is 11.2. The lowest BCUT2D eigenvalue weighted by atomic mass is 10.1. The summed E-state index contributed by atoms with van der Waals surface area (Å²) in [7, 11) is 0. The fraction of sp³-hybridized carbons (Fsp3) is 0.667. The quantitative estimate of drug-likeness (QED) is 0.612. The Morgan fingerprint density at radius 3 is 2.39 bits per heavy atom. The predicted molar refractivity (Wildman–Crippen MR) is 69.0 cm³/mol. The molecule has 0 fully saturated rings. The van der Waals surface area contributed by atoms with Gasteiger partial charge in [0.2, 0.25) is 0 Å². The number of hydrogen-bond donors (Lipinski definition) is 1. The first-order valence-electron chi connectivity index (χ1n) is 5.67. The summed E-state index contributed by atoms with van der Waals surface area (Å²) < 4.78 is 9.77. The Morgan fingerprint density at radius 1 is 1.39 bits per heavy atom. The molecule has 0 radical (unpaired) electrons. The number of halogens is 1. The van der Waals surface area contributed by atoms with Crippen molar-refractivity contribution >= 4 is 23.5 Å². The first-order valence-corrected chi connectivity index (χ1v) is 6.05. The molecule has 0 rings (SSSR count). The zero-order chi connectivity index (χ0) is 14.3. The van der Waals surface area contributed by atoms with Crippen molar-refractivity contribution < 1.29 is 19.1 Å². The molecule has 18 heavy (non-hydrogen) atoms.